The van der Waals surface area contributed by atoms with Crippen molar-refractivity contribution in [3.8, 4) is 11.1 Å². The predicted molar refractivity (Wildman–Crippen MR) is 59.6 cm³/mol. The molecule has 0 bridgehead atoms. The van der Waals surface area contributed by atoms with Crippen molar-refractivity contribution in [1.29, 1.82) is 0 Å². The van der Waals surface area contributed by atoms with Crippen LogP contribution in [-0.2, 0) is 6.54 Å². The van der Waals surface area contributed by atoms with Gasteiger partial charge in [-0.1, -0.05) is 6.07 Å². The van der Waals surface area contributed by atoms with Gasteiger partial charge in [-0.25, -0.2) is 17.6 Å². The van der Waals surface area contributed by atoms with Crippen LogP contribution >= 0.6 is 0 Å². The van der Waals surface area contributed by atoms with Crippen LogP contribution in [0.2, 0.25) is 0 Å². The lowest BCUT2D eigenvalue weighted by Crippen LogP contribution is -2.00. The zero-order chi connectivity index (χ0) is 13.3. The van der Waals surface area contributed by atoms with Gasteiger partial charge in [0.25, 0.3) is 0 Å². The summed E-state index contributed by atoms with van der Waals surface area (Å²) in [5, 5.41) is 0. The van der Waals surface area contributed by atoms with E-state index in [9.17, 15) is 17.6 Å². The van der Waals surface area contributed by atoms with E-state index in [-0.39, 0.29) is 12.1 Å². The molecule has 2 N–H and O–H groups in total. The van der Waals surface area contributed by atoms with Gasteiger partial charge >= 0.3 is 0 Å². The van der Waals surface area contributed by atoms with Gasteiger partial charge in [0.1, 0.15) is 23.3 Å². The fourth-order valence-electron chi connectivity index (χ4n) is 1.69. The van der Waals surface area contributed by atoms with Gasteiger partial charge in [0.2, 0.25) is 0 Å². The van der Waals surface area contributed by atoms with E-state index in [0.29, 0.717) is 17.7 Å². The second-order valence-electron chi connectivity index (χ2n) is 3.76. The van der Waals surface area contributed by atoms with E-state index in [0.717, 1.165) is 6.07 Å². The average molecular weight is 255 g/mol. The fraction of sp³-hybridized carbons (Fsp3) is 0.0769. The molecule has 0 aliphatic heterocycles. The highest BCUT2D eigenvalue weighted by molar-refractivity contribution is 5.66. The zero-order valence-electron chi connectivity index (χ0n) is 9.18. The highest BCUT2D eigenvalue weighted by Gasteiger charge is 2.17. The summed E-state index contributed by atoms with van der Waals surface area (Å²) in [6, 6.07) is 4.74. The first-order valence-electron chi connectivity index (χ1n) is 5.16. The summed E-state index contributed by atoms with van der Waals surface area (Å²) >= 11 is 0. The first kappa shape index (κ1) is 12.6. The lowest BCUT2D eigenvalue weighted by molar-refractivity contribution is 0.545. The Morgan fingerprint density at radius 1 is 0.833 bits per heavy atom. The van der Waals surface area contributed by atoms with Crippen LogP contribution in [0.5, 0.6) is 0 Å². The minimum absolute atomic E-state index is 0.109. The van der Waals surface area contributed by atoms with E-state index in [4.69, 9.17) is 5.73 Å². The topological polar surface area (TPSA) is 26.0 Å². The maximum Gasteiger partial charge on any atom is 0.136 e. The Bertz CT molecular complexity index is 573. The molecule has 2 aromatic rings. The van der Waals surface area contributed by atoms with E-state index < -0.39 is 28.8 Å². The Balaban J connectivity index is 2.68. The van der Waals surface area contributed by atoms with Crippen LogP contribution in [0, 0.1) is 23.3 Å². The largest absolute Gasteiger partial charge is 0.326 e. The van der Waals surface area contributed by atoms with Crippen molar-refractivity contribution < 1.29 is 17.6 Å². The number of hydrogen-bond donors (Lipinski definition) is 1. The average Bonchev–Trinajstić information content (AvgIpc) is 2.30. The summed E-state index contributed by atoms with van der Waals surface area (Å²) < 4.78 is 53.4. The number of nitrogens with two attached hydrogens (primary N) is 1. The molecule has 2 rings (SSSR count). The molecular formula is C13H9F4N. The lowest BCUT2D eigenvalue weighted by atomic mass is 10.0. The van der Waals surface area contributed by atoms with Crippen molar-refractivity contribution in [3.05, 3.63) is 59.2 Å². The molecule has 0 amide bonds. The van der Waals surface area contributed by atoms with Gasteiger partial charge in [0.15, 0.2) is 0 Å². The highest BCUT2D eigenvalue weighted by Crippen LogP contribution is 2.29. The Kier molecular flexibility index (Phi) is 3.34. The van der Waals surface area contributed by atoms with Crippen LogP contribution < -0.4 is 5.73 Å². The van der Waals surface area contributed by atoms with Crippen LogP contribution in [0.1, 0.15) is 5.56 Å². The van der Waals surface area contributed by atoms with Gasteiger partial charge < -0.3 is 5.73 Å². The van der Waals surface area contributed by atoms with Gasteiger partial charge in [0.05, 0.1) is 5.56 Å². The molecule has 0 saturated carbocycles. The SMILES string of the molecule is NCc1ccc(F)c(-c2c(F)cc(F)cc2F)c1. The quantitative estimate of drug-likeness (QED) is 0.818. The molecule has 2 aromatic carbocycles. The molecule has 0 aromatic heterocycles. The van der Waals surface area contributed by atoms with Gasteiger partial charge in [-0.3, -0.25) is 0 Å². The third-order valence-electron chi connectivity index (χ3n) is 2.54. The first-order valence-corrected chi connectivity index (χ1v) is 5.16. The van der Waals surface area contributed by atoms with E-state index >= 15 is 0 Å². The van der Waals surface area contributed by atoms with Gasteiger partial charge in [-0.15, -0.1) is 0 Å². The highest BCUT2D eigenvalue weighted by atomic mass is 19.1. The van der Waals surface area contributed by atoms with Crippen LogP contribution in [0.15, 0.2) is 30.3 Å². The minimum atomic E-state index is -1.15. The molecule has 0 fully saturated rings. The molecule has 94 valence electrons. The van der Waals surface area contributed by atoms with Gasteiger partial charge in [-0.05, 0) is 17.7 Å². The second kappa shape index (κ2) is 4.78. The molecule has 0 spiro atoms. The maximum atomic E-state index is 13.6. The van der Waals surface area contributed by atoms with Crippen LogP contribution in [0.3, 0.4) is 0 Å². The van der Waals surface area contributed by atoms with Crippen molar-refractivity contribution in [2.45, 2.75) is 6.54 Å². The summed E-state index contributed by atoms with van der Waals surface area (Å²) in [6.07, 6.45) is 0. The number of hydrogen-bond acceptors (Lipinski definition) is 1. The Morgan fingerprint density at radius 2 is 1.44 bits per heavy atom. The summed E-state index contributed by atoms with van der Waals surface area (Å²) in [7, 11) is 0. The summed E-state index contributed by atoms with van der Waals surface area (Å²) in [6.45, 7) is 0.109. The molecule has 0 atom stereocenters. The third kappa shape index (κ3) is 2.22. The molecule has 0 heterocycles. The normalized spacial score (nSPS) is 10.7. The molecule has 18 heavy (non-hydrogen) atoms. The Hall–Kier alpha value is -1.88. The molecule has 0 saturated heterocycles. The Labute approximate surface area is 101 Å². The van der Waals surface area contributed by atoms with Crippen LogP contribution in [0.4, 0.5) is 17.6 Å². The number of benzene rings is 2. The predicted octanol–water partition coefficient (Wildman–Crippen LogP) is 3.37. The van der Waals surface area contributed by atoms with Crippen molar-refractivity contribution in [2.24, 2.45) is 5.73 Å². The standard InChI is InChI=1S/C13H9F4N/c14-8-4-11(16)13(12(17)5-8)9-3-7(6-18)1-2-10(9)15/h1-5H,6,18H2. The smallest absolute Gasteiger partial charge is 0.136 e. The molecular weight excluding hydrogens is 246 g/mol. The monoisotopic (exact) mass is 255 g/mol. The molecule has 0 unspecified atom stereocenters. The summed E-state index contributed by atoms with van der Waals surface area (Å²) in [4.78, 5) is 0. The molecule has 1 nitrogen and oxygen atoms in total. The van der Waals surface area contributed by atoms with Gasteiger partial charge in [0, 0.05) is 24.2 Å². The van der Waals surface area contributed by atoms with E-state index in [2.05, 4.69) is 0 Å². The molecule has 5 heteroatoms. The minimum Gasteiger partial charge on any atom is -0.326 e. The summed E-state index contributed by atoms with van der Waals surface area (Å²) in [5.74, 6) is -4.15. The van der Waals surface area contributed by atoms with Gasteiger partial charge in [-0.2, -0.15) is 0 Å². The van der Waals surface area contributed by atoms with Crippen LogP contribution in [-0.4, -0.2) is 0 Å². The van der Waals surface area contributed by atoms with E-state index in [1.807, 2.05) is 0 Å². The Morgan fingerprint density at radius 3 is 2.00 bits per heavy atom. The van der Waals surface area contributed by atoms with Crippen molar-refractivity contribution in [1.82, 2.24) is 0 Å². The fourth-order valence-corrected chi connectivity index (χ4v) is 1.69. The van der Waals surface area contributed by atoms with Crippen molar-refractivity contribution in [2.75, 3.05) is 0 Å². The second-order valence-corrected chi connectivity index (χ2v) is 3.76. The third-order valence-corrected chi connectivity index (χ3v) is 2.54. The molecule has 0 aliphatic carbocycles. The maximum absolute atomic E-state index is 13.6. The van der Waals surface area contributed by atoms with E-state index in [1.54, 1.807) is 0 Å². The molecule has 0 aliphatic rings. The summed E-state index contributed by atoms with van der Waals surface area (Å²) in [5.41, 5.74) is 5.04. The number of halogens is 4. The zero-order valence-corrected chi connectivity index (χ0v) is 9.18. The first-order chi connectivity index (χ1) is 8.52. The van der Waals surface area contributed by atoms with Crippen molar-refractivity contribution >= 4 is 0 Å². The number of rotatable bonds is 2. The lowest BCUT2D eigenvalue weighted by Gasteiger charge is -2.08. The molecule has 0 radical (unpaired) electrons. The van der Waals surface area contributed by atoms with E-state index in [1.165, 1.54) is 12.1 Å². The van der Waals surface area contributed by atoms with Crippen molar-refractivity contribution in [3.63, 3.8) is 0 Å². The van der Waals surface area contributed by atoms with Crippen LogP contribution in [0.25, 0.3) is 11.1 Å².